The molecule has 0 saturated carbocycles. The van der Waals surface area contributed by atoms with E-state index < -0.39 is 10.0 Å². The topological polar surface area (TPSA) is 49.4 Å². The number of rotatable bonds is 7. The number of halogens is 1. The van der Waals surface area contributed by atoms with Gasteiger partial charge in [0.2, 0.25) is 10.0 Å². The van der Waals surface area contributed by atoms with Gasteiger partial charge in [-0.15, -0.1) is 11.6 Å². The Morgan fingerprint density at radius 2 is 2.22 bits per heavy atom. The molecule has 0 aromatic heterocycles. The molecule has 1 aliphatic rings. The third kappa shape index (κ3) is 5.87. The van der Waals surface area contributed by atoms with E-state index in [4.69, 9.17) is 11.6 Å². The average molecular weight is 297 g/mol. The zero-order valence-electron chi connectivity index (χ0n) is 11.4. The Morgan fingerprint density at radius 1 is 1.50 bits per heavy atom. The van der Waals surface area contributed by atoms with Gasteiger partial charge in [0.15, 0.2) is 0 Å². The van der Waals surface area contributed by atoms with E-state index in [-0.39, 0.29) is 5.38 Å². The van der Waals surface area contributed by atoms with Gasteiger partial charge in [-0.25, -0.2) is 12.7 Å². The molecule has 1 rings (SSSR count). The van der Waals surface area contributed by atoms with E-state index in [1.165, 1.54) is 6.26 Å². The highest BCUT2D eigenvalue weighted by atomic mass is 35.5. The van der Waals surface area contributed by atoms with E-state index in [2.05, 4.69) is 12.2 Å². The van der Waals surface area contributed by atoms with E-state index in [9.17, 15) is 8.42 Å². The van der Waals surface area contributed by atoms with E-state index in [1.54, 1.807) is 4.31 Å². The minimum Gasteiger partial charge on any atom is -0.315 e. The van der Waals surface area contributed by atoms with Gasteiger partial charge in [-0.2, -0.15) is 0 Å². The molecule has 18 heavy (non-hydrogen) atoms. The van der Waals surface area contributed by atoms with E-state index in [0.717, 1.165) is 38.8 Å². The Labute approximate surface area is 116 Å². The summed E-state index contributed by atoms with van der Waals surface area (Å²) in [6.07, 6.45) is 5.47. The molecular weight excluding hydrogens is 272 g/mol. The van der Waals surface area contributed by atoms with Gasteiger partial charge in [-0.3, -0.25) is 0 Å². The molecule has 0 aromatic carbocycles. The first-order valence-electron chi connectivity index (χ1n) is 6.73. The van der Waals surface area contributed by atoms with Crippen molar-refractivity contribution in [3.05, 3.63) is 0 Å². The van der Waals surface area contributed by atoms with Crippen LogP contribution < -0.4 is 5.32 Å². The van der Waals surface area contributed by atoms with Gasteiger partial charge in [0.05, 0.1) is 6.26 Å². The predicted octanol–water partition coefficient (Wildman–Crippen LogP) is 1.66. The molecule has 1 saturated heterocycles. The van der Waals surface area contributed by atoms with Crippen molar-refractivity contribution >= 4 is 21.6 Å². The van der Waals surface area contributed by atoms with Crippen LogP contribution in [0.15, 0.2) is 0 Å². The van der Waals surface area contributed by atoms with Crippen molar-refractivity contribution in [3.63, 3.8) is 0 Å². The summed E-state index contributed by atoms with van der Waals surface area (Å²) in [4.78, 5) is 0. The summed E-state index contributed by atoms with van der Waals surface area (Å²) in [5.41, 5.74) is 0. The molecule has 0 bridgehead atoms. The fourth-order valence-electron chi connectivity index (χ4n) is 2.35. The SMILES string of the molecule is CCCC(Cl)CNCC1CCCN(S(C)(=O)=O)C1. The maximum absolute atomic E-state index is 11.5. The summed E-state index contributed by atoms with van der Waals surface area (Å²) in [5, 5.41) is 3.54. The van der Waals surface area contributed by atoms with Gasteiger partial charge in [-0.1, -0.05) is 13.3 Å². The lowest BCUT2D eigenvalue weighted by atomic mass is 10.00. The van der Waals surface area contributed by atoms with Crippen LogP contribution in [0.5, 0.6) is 0 Å². The zero-order chi connectivity index (χ0) is 13.6. The monoisotopic (exact) mass is 296 g/mol. The number of hydrogen-bond donors (Lipinski definition) is 1. The molecule has 0 aromatic rings. The molecule has 1 fully saturated rings. The summed E-state index contributed by atoms with van der Waals surface area (Å²) >= 11 is 6.13. The lowest BCUT2D eigenvalue weighted by Crippen LogP contribution is -2.43. The van der Waals surface area contributed by atoms with Crippen LogP contribution in [0.2, 0.25) is 0 Å². The fraction of sp³-hybridized carbons (Fsp3) is 1.00. The Kier molecular flexibility index (Phi) is 6.92. The highest BCUT2D eigenvalue weighted by Gasteiger charge is 2.25. The van der Waals surface area contributed by atoms with Gasteiger partial charge in [-0.05, 0) is 31.7 Å². The van der Waals surface area contributed by atoms with Crippen LogP contribution in [0.4, 0.5) is 0 Å². The molecule has 2 unspecified atom stereocenters. The van der Waals surface area contributed by atoms with E-state index >= 15 is 0 Å². The summed E-state index contributed by atoms with van der Waals surface area (Å²) in [7, 11) is -3.03. The number of hydrogen-bond acceptors (Lipinski definition) is 3. The molecule has 4 nitrogen and oxygen atoms in total. The highest BCUT2D eigenvalue weighted by Crippen LogP contribution is 2.18. The number of piperidine rings is 1. The van der Waals surface area contributed by atoms with Crippen molar-refractivity contribution in [3.8, 4) is 0 Å². The van der Waals surface area contributed by atoms with Crippen LogP contribution in [0, 0.1) is 5.92 Å². The van der Waals surface area contributed by atoms with Crippen LogP contribution >= 0.6 is 11.6 Å². The first-order valence-corrected chi connectivity index (χ1v) is 9.02. The van der Waals surface area contributed by atoms with Crippen LogP contribution in [-0.2, 0) is 10.0 Å². The average Bonchev–Trinajstić information content (AvgIpc) is 2.29. The molecule has 1 N–H and O–H groups in total. The van der Waals surface area contributed by atoms with E-state index in [0.29, 0.717) is 19.0 Å². The van der Waals surface area contributed by atoms with Crippen LogP contribution in [0.25, 0.3) is 0 Å². The van der Waals surface area contributed by atoms with Crippen LogP contribution in [-0.4, -0.2) is 50.5 Å². The van der Waals surface area contributed by atoms with Gasteiger partial charge in [0, 0.05) is 25.0 Å². The van der Waals surface area contributed by atoms with Crippen molar-refractivity contribution in [2.45, 2.75) is 38.0 Å². The van der Waals surface area contributed by atoms with Crippen molar-refractivity contribution in [2.24, 2.45) is 5.92 Å². The Morgan fingerprint density at radius 3 is 2.83 bits per heavy atom. The molecule has 6 heteroatoms. The first-order chi connectivity index (χ1) is 8.43. The first kappa shape index (κ1) is 16.2. The molecule has 1 aliphatic heterocycles. The Hall–Kier alpha value is 0.160. The van der Waals surface area contributed by atoms with Crippen molar-refractivity contribution < 1.29 is 8.42 Å². The smallest absolute Gasteiger partial charge is 0.211 e. The van der Waals surface area contributed by atoms with Crippen molar-refractivity contribution in [2.75, 3.05) is 32.4 Å². The van der Waals surface area contributed by atoms with Gasteiger partial charge >= 0.3 is 0 Å². The normalized spacial score (nSPS) is 24.1. The largest absolute Gasteiger partial charge is 0.315 e. The lowest BCUT2D eigenvalue weighted by Gasteiger charge is -2.31. The Balaban J connectivity index is 2.26. The van der Waals surface area contributed by atoms with Gasteiger partial charge in [0.25, 0.3) is 0 Å². The number of nitrogens with zero attached hydrogens (tertiary/aromatic N) is 1. The second-order valence-electron chi connectivity index (χ2n) is 5.17. The molecule has 0 spiro atoms. The van der Waals surface area contributed by atoms with Crippen LogP contribution in [0.1, 0.15) is 32.6 Å². The van der Waals surface area contributed by atoms with Crippen molar-refractivity contribution in [1.29, 1.82) is 0 Å². The van der Waals surface area contributed by atoms with Crippen LogP contribution in [0.3, 0.4) is 0 Å². The highest BCUT2D eigenvalue weighted by molar-refractivity contribution is 7.88. The molecule has 0 radical (unpaired) electrons. The minimum absolute atomic E-state index is 0.185. The summed E-state index contributed by atoms with van der Waals surface area (Å²) < 4.78 is 24.6. The quantitative estimate of drug-likeness (QED) is 0.727. The van der Waals surface area contributed by atoms with E-state index in [1.807, 2.05) is 0 Å². The second-order valence-corrected chi connectivity index (χ2v) is 7.77. The molecular formula is C12H25ClN2O2S. The summed E-state index contributed by atoms with van der Waals surface area (Å²) in [6, 6.07) is 0. The van der Waals surface area contributed by atoms with Crippen molar-refractivity contribution in [1.82, 2.24) is 9.62 Å². The third-order valence-electron chi connectivity index (χ3n) is 3.35. The molecule has 108 valence electrons. The minimum atomic E-state index is -3.03. The maximum Gasteiger partial charge on any atom is 0.211 e. The van der Waals surface area contributed by atoms with Gasteiger partial charge in [0.1, 0.15) is 0 Å². The fourth-order valence-corrected chi connectivity index (χ4v) is 3.62. The molecule has 0 amide bonds. The number of nitrogens with one attached hydrogen (secondary N) is 1. The molecule has 0 aliphatic carbocycles. The number of sulfonamides is 1. The second kappa shape index (κ2) is 7.68. The summed E-state index contributed by atoms with van der Waals surface area (Å²) in [5.74, 6) is 0.416. The summed E-state index contributed by atoms with van der Waals surface area (Å²) in [6.45, 7) is 5.11. The maximum atomic E-state index is 11.5. The molecule has 1 heterocycles. The Bertz CT molecular complexity index is 335. The van der Waals surface area contributed by atoms with Gasteiger partial charge < -0.3 is 5.32 Å². The molecule has 2 atom stereocenters. The standard InChI is InChI=1S/C12H25ClN2O2S/c1-3-5-12(13)9-14-8-11-6-4-7-15(10-11)18(2,16)17/h11-12,14H,3-10H2,1-2H3. The zero-order valence-corrected chi connectivity index (χ0v) is 12.9. The number of alkyl halides is 1. The lowest BCUT2D eigenvalue weighted by molar-refractivity contribution is 0.261. The predicted molar refractivity (Wildman–Crippen MR) is 76.6 cm³/mol. The third-order valence-corrected chi connectivity index (χ3v) is 4.99.